The summed E-state index contributed by atoms with van der Waals surface area (Å²) in [6.07, 6.45) is 12.6. The molecule has 0 bridgehead atoms. The summed E-state index contributed by atoms with van der Waals surface area (Å²) in [5, 5.41) is 56.5. The van der Waals surface area contributed by atoms with Gasteiger partial charge in [-0.1, -0.05) is 96.8 Å². The van der Waals surface area contributed by atoms with Gasteiger partial charge in [-0.15, -0.1) is 6.42 Å². The summed E-state index contributed by atoms with van der Waals surface area (Å²) in [6, 6.07) is -1.21. The predicted molar refractivity (Wildman–Crippen MR) is 255 cm³/mol. The number of hydrogen-bond donors (Lipinski definition) is 7. The summed E-state index contributed by atoms with van der Waals surface area (Å²) in [7, 11) is 0. The Morgan fingerprint density at radius 2 is 1.05 bits per heavy atom. The minimum atomic E-state index is -1.66. The maximum Gasteiger partial charge on any atom is 0.297 e. The number of aliphatic hydroxyl groups excluding tert-OH is 5. The van der Waals surface area contributed by atoms with Gasteiger partial charge in [-0.25, -0.2) is 0 Å². The van der Waals surface area contributed by atoms with Crippen LogP contribution < -0.4 is 11.1 Å². The zero-order chi connectivity index (χ0) is 48.1. The van der Waals surface area contributed by atoms with E-state index in [9.17, 15) is 30.3 Å². The van der Waals surface area contributed by atoms with Crippen molar-refractivity contribution in [3.63, 3.8) is 0 Å². The summed E-state index contributed by atoms with van der Waals surface area (Å²) < 4.78 is 17.2. The first-order valence-electron chi connectivity index (χ1n) is 22.5. The Labute approximate surface area is 394 Å². The molecule has 8 atom stereocenters. The molecule has 1 rings (SSSR count). The van der Waals surface area contributed by atoms with Crippen LogP contribution >= 0.6 is 0 Å². The molecule has 0 aromatic rings. The third-order valence-electron chi connectivity index (χ3n) is 9.61. The van der Waals surface area contributed by atoms with E-state index in [0.717, 1.165) is 44.9 Å². The number of nitrogens with two attached hydrogens (primary N) is 1. The van der Waals surface area contributed by atoms with E-state index in [2.05, 4.69) is 148 Å². The molecule has 0 spiro atoms. The second-order valence-electron chi connectivity index (χ2n) is 14.8. The van der Waals surface area contributed by atoms with Crippen molar-refractivity contribution < 1.29 is 44.5 Å². The molecule has 0 radical (unpaired) electrons. The van der Waals surface area contributed by atoms with Crippen molar-refractivity contribution in [2.45, 2.75) is 165 Å². The molecule has 0 aromatic carbocycles. The minimum absolute atomic E-state index is 0.0745. The lowest BCUT2D eigenvalue weighted by Crippen LogP contribution is -2.60. The van der Waals surface area contributed by atoms with E-state index in [-0.39, 0.29) is 13.0 Å². The Morgan fingerprint density at radius 3 is 1.53 bits per heavy atom. The second kappa shape index (κ2) is 41.5. The van der Waals surface area contributed by atoms with Crippen molar-refractivity contribution in [3.8, 4) is 143 Å². The molecule has 1 amide bonds. The molecule has 1 saturated heterocycles. The third kappa shape index (κ3) is 30.8. The number of carbonyl (C=O) groups excluding carboxylic acids is 1. The summed E-state index contributed by atoms with van der Waals surface area (Å²) in [4.78, 5) is 12.9. The molecule has 8 N–H and O–H groups in total. The molecule has 1 aliphatic heterocycles. The highest BCUT2D eigenvalue weighted by Crippen LogP contribution is 2.23. The number of aliphatic hydroxyl groups is 5. The van der Waals surface area contributed by atoms with Crippen LogP contribution in [0, 0.1) is 143 Å². The van der Waals surface area contributed by atoms with Crippen molar-refractivity contribution in [3.05, 3.63) is 0 Å². The molecule has 1 aliphatic rings. The van der Waals surface area contributed by atoms with Gasteiger partial charge in [0.1, 0.15) is 30.5 Å². The van der Waals surface area contributed by atoms with Gasteiger partial charge in [0, 0.05) is 48.0 Å². The minimum Gasteiger partial charge on any atom is -0.390 e. The van der Waals surface area contributed by atoms with Crippen molar-refractivity contribution in [2.75, 3.05) is 26.4 Å². The smallest absolute Gasteiger partial charge is 0.297 e. The highest BCUT2D eigenvalue weighted by molar-refractivity contribution is 5.94. The molecular formula is C55H62N2O9. The zero-order valence-electron chi connectivity index (χ0n) is 38.0. The van der Waals surface area contributed by atoms with Crippen molar-refractivity contribution in [1.82, 2.24) is 5.32 Å². The van der Waals surface area contributed by atoms with Crippen LogP contribution in [-0.2, 0) is 19.0 Å². The van der Waals surface area contributed by atoms with E-state index in [1.807, 2.05) is 0 Å². The molecule has 5 unspecified atom stereocenters. The van der Waals surface area contributed by atoms with Crippen molar-refractivity contribution >= 4 is 5.91 Å². The van der Waals surface area contributed by atoms with Crippen molar-refractivity contribution in [1.29, 1.82) is 0 Å². The lowest BCUT2D eigenvalue weighted by Gasteiger charge is -2.40. The molecule has 1 heterocycles. The van der Waals surface area contributed by atoms with Gasteiger partial charge in [0.2, 0.25) is 0 Å². The Balaban J connectivity index is 2.85. The standard InChI is InChI=1S/C55H62N2O9/c1-3-5-7-9-11-13-15-17-18-19-20-21-22-23-24-25-26-28-30-32-34-38-42-50(59)57-47(51(60)48(58)41-37-33-31-29-27-16-14-12-10-8-6-4-2)45-65-55-54(63)53(62)52(61)49(66-55)46-64-44-40-36-35-39-43-56/h1,47-49,51-55,58,60-63H,4,6,8,10,12,14,16,27,29,31,33,35-37,39-41,43-46,56H2,2H3,(H,57,59)/t47-,48+,49?,51-,52?,53?,54?,55?/m0/s1. The average molecular weight is 895 g/mol. The van der Waals surface area contributed by atoms with Gasteiger partial charge in [0.05, 0.1) is 25.4 Å². The van der Waals surface area contributed by atoms with Crippen LogP contribution in [0.2, 0.25) is 0 Å². The number of terminal acetylenes is 1. The van der Waals surface area contributed by atoms with Gasteiger partial charge in [0.25, 0.3) is 5.91 Å². The molecule has 11 heteroatoms. The average Bonchev–Trinajstić information content (AvgIpc) is 3.31. The molecule has 346 valence electrons. The van der Waals surface area contributed by atoms with Gasteiger partial charge in [-0.2, -0.15) is 0 Å². The topological polar surface area (TPSA) is 184 Å². The number of nitrogens with one attached hydrogen (secondary N) is 1. The van der Waals surface area contributed by atoms with Gasteiger partial charge >= 0.3 is 0 Å². The number of rotatable bonds is 27. The zero-order valence-corrected chi connectivity index (χ0v) is 38.0. The molecule has 0 saturated carbocycles. The van der Waals surface area contributed by atoms with Crippen LogP contribution in [0.1, 0.15) is 116 Å². The summed E-state index contributed by atoms with van der Waals surface area (Å²) in [6.45, 7) is 2.71. The highest BCUT2D eigenvalue weighted by atomic mass is 16.7. The van der Waals surface area contributed by atoms with Crippen molar-refractivity contribution in [2.24, 2.45) is 5.73 Å². The number of ether oxygens (including phenoxy) is 3. The first-order valence-corrected chi connectivity index (χ1v) is 22.5. The lowest BCUT2D eigenvalue weighted by molar-refractivity contribution is -0.304. The Bertz CT molecular complexity index is 2220. The monoisotopic (exact) mass is 894 g/mol. The van der Waals surface area contributed by atoms with Crippen LogP contribution in [0.5, 0.6) is 0 Å². The summed E-state index contributed by atoms with van der Waals surface area (Å²) in [5.41, 5.74) is 5.54. The fourth-order valence-corrected chi connectivity index (χ4v) is 6.07. The fraction of sp³-hybridized carbons (Fsp3) is 0.545. The first-order chi connectivity index (χ1) is 32.3. The Hall–Kier alpha value is -6.17. The van der Waals surface area contributed by atoms with Gasteiger partial charge < -0.3 is 50.8 Å². The Morgan fingerprint density at radius 1 is 0.606 bits per heavy atom. The van der Waals surface area contributed by atoms with E-state index in [0.29, 0.717) is 19.6 Å². The van der Waals surface area contributed by atoms with Crippen LogP contribution in [0.4, 0.5) is 0 Å². The third-order valence-corrected chi connectivity index (χ3v) is 9.61. The van der Waals surface area contributed by atoms with E-state index < -0.39 is 61.5 Å². The molecule has 1 fully saturated rings. The van der Waals surface area contributed by atoms with E-state index >= 15 is 0 Å². The predicted octanol–water partition coefficient (Wildman–Crippen LogP) is 2.31. The molecule has 0 aliphatic carbocycles. The maximum atomic E-state index is 12.9. The van der Waals surface area contributed by atoms with E-state index in [4.69, 9.17) is 26.4 Å². The van der Waals surface area contributed by atoms with Crippen LogP contribution in [0.25, 0.3) is 0 Å². The largest absolute Gasteiger partial charge is 0.390 e. The molecule has 0 aromatic heterocycles. The SMILES string of the molecule is C#CC#CC#CC#CC#CC#CC#CC#CC#CC#CC#CC#CC(=O)N[C@@H](COC1OC(COCCCCCCN)C(O)C(O)C1O)[C@H](O)[C@H](O)CCCCCCCCCCCCCC. The van der Waals surface area contributed by atoms with E-state index in [1.54, 1.807) is 0 Å². The molecular weight excluding hydrogens is 833 g/mol. The fourth-order valence-electron chi connectivity index (χ4n) is 6.07. The quantitative estimate of drug-likeness (QED) is 0.0478. The summed E-state index contributed by atoms with van der Waals surface area (Å²) >= 11 is 0. The van der Waals surface area contributed by atoms with Gasteiger partial charge in [-0.05, 0) is 121 Å². The van der Waals surface area contributed by atoms with Crippen LogP contribution in [0.3, 0.4) is 0 Å². The van der Waals surface area contributed by atoms with Crippen LogP contribution in [0.15, 0.2) is 0 Å². The normalized spacial score (nSPS) is 17.3. The Kier molecular flexibility index (Phi) is 36.4. The highest BCUT2D eigenvalue weighted by Gasteiger charge is 2.45. The summed E-state index contributed by atoms with van der Waals surface area (Å²) in [5.74, 6) is 55.1. The first kappa shape index (κ1) is 57.8. The maximum absolute atomic E-state index is 12.9. The van der Waals surface area contributed by atoms with Crippen LogP contribution in [-0.4, -0.2) is 107 Å². The van der Waals surface area contributed by atoms with Gasteiger partial charge in [0.15, 0.2) is 6.29 Å². The van der Waals surface area contributed by atoms with E-state index in [1.165, 1.54) is 51.4 Å². The molecule has 66 heavy (non-hydrogen) atoms. The number of amides is 1. The second-order valence-corrected chi connectivity index (χ2v) is 14.8. The molecule has 11 nitrogen and oxygen atoms in total. The number of hydrogen-bond acceptors (Lipinski definition) is 10. The number of carbonyl (C=O) groups is 1. The number of unbranched alkanes of at least 4 members (excludes halogenated alkanes) is 14. The lowest BCUT2D eigenvalue weighted by atomic mass is 9.98. The van der Waals surface area contributed by atoms with Gasteiger partial charge in [-0.3, -0.25) is 4.79 Å².